The van der Waals surface area contributed by atoms with Crippen molar-refractivity contribution in [1.82, 2.24) is 10.0 Å². The SMILES string of the molecule is CCNCc1cc(S(=O)(=O)NCCC2CC2)c(C)cc1C. The van der Waals surface area contributed by atoms with E-state index < -0.39 is 10.0 Å². The van der Waals surface area contributed by atoms with Crippen LogP contribution in [0.4, 0.5) is 0 Å². The number of sulfonamides is 1. The number of hydrogen-bond acceptors (Lipinski definition) is 3. The maximum atomic E-state index is 12.5. The van der Waals surface area contributed by atoms with Crippen LogP contribution in [0.15, 0.2) is 17.0 Å². The summed E-state index contributed by atoms with van der Waals surface area (Å²) in [7, 11) is -3.40. The molecule has 4 nitrogen and oxygen atoms in total. The lowest BCUT2D eigenvalue weighted by atomic mass is 10.1. The lowest BCUT2D eigenvalue weighted by Crippen LogP contribution is -2.26. The van der Waals surface area contributed by atoms with Crippen molar-refractivity contribution >= 4 is 10.0 Å². The van der Waals surface area contributed by atoms with Gasteiger partial charge in [0.2, 0.25) is 10.0 Å². The second-order valence-corrected chi connectivity index (χ2v) is 7.69. The van der Waals surface area contributed by atoms with E-state index in [0.29, 0.717) is 18.0 Å². The van der Waals surface area contributed by atoms with Gasteiger partial charge in [-0.1, -0.05) is 25.8 Å². The van der Waals surface area contributed by atoms with E-state index in [1.807, 2.05) is 32.9 Å². The van der Waals surface area contributed by atoms with Gasteiger partial charge in [-0.15, -0.1) is 0 Å². The third-order valence-corrected chi connectivity index (χ3v) is 5.63. The van der Waals surface area contributed by atoms with Crippen molar-refractivity contribution in [1.29, 1.82) is 0 Å². The average Bonchev–Trinajstić information content (AvgIpc) is 3.21. The minimum Gasteiger partial charge on any atom is -0.313 e. The Balaban J connectivity index is 2.15. The number of benzene rings is 1. The lowest BCUT2D eigenvalue weighted by Gasteiger charge is -2.14. The summed E-state index contributed by atoms with van der Waals surface area (Å²) in [5.41, 5.74) is 2.99. The van der Waals surface area contributed by atoms with Crippen molar-refractivity contribution in [2.24, 2.45) is 5.92 Å². The Bertz CT molecular complexity index is 593. The standard InChI is InChI=1S/C16H26N2O2S/c1-4-17-11-15-10-16(13(3)9-12(15)2)21(19,20)18-8-7-14-5-6-14/h9-10,14,17-18H,4-8,11H2,1-3H3. The van der Waals surface area contributed by atoms with Crippen molar-refractivity contribution < 1.29 is 8.42 Å². The average molecular weight is 310 g/mol. The number of aryl methyl sites for hydroxylation is 2. The predicted molar refractivity (Wildman–Crippen MR) is 85.8 cm³/mol. The zero-order chi connectivity index (χ0) is 15.5. The van der Waals surface area contributed by atoms with Crippen LogP contribution < -0.4 is 10.0 Å². The van der Waals surface area contributed by atoms with Gasteiger partial charge in [0.1, 0.15) is 0 Å². The summed E-state index contributed by atoms with van der Waals surface area (Å²) in [5, 5.41) is 3.25. The first-order valence-corrected chi connectivity index (χ1v) is 9.23. The molecule has 2 rings (SSSR count). The fourth-order valence-corrected chi connectivity index (χ4v) is 3.82. The molecule has 0 amide bonds. The Hall–Kier alpha value is -0.910. The first-order valence-electron chi connectivity index (χ1n) is 7.74. The van der Waals surface area contributed by atoms with Gasteiger partial charge in [0.15, 0.2) is 0 Å². The van der Waals surface area contributed by atoms with Gasteiger partial charge < -0.3 is 5.32 Å². The maximum Gasteiger partial charge on any atom is 0.240 e. The Labute approximate surface area is 128 Å². The van der Waals surface area contributed by atoms with Gasteiger partial charge in [0, 0.05) is 13.1 Å². The number of hydrogen-bond donors (Lipinski definition) is 2. The van der Waals surface area contributed by atoms with E-state index in [4.69, 9.17) is 0 Å². The molecule has 1 aliphatic carbocycles. The second-order valence-electron chi connectivity index (χ2n) is 5.95. The molecule has 0 aromatic heterocycles. The van der Waals surface area contributed by atoms with Gasteiger partial charge >= 0.3 is 0 Å². The van der Waals surface area contributed by atoms with E-state index in [1.54, 1.807) is 0 Å². The molecule has 0 aliphatic heterocycles. The third kappa shape index (κ3) is 4.53. The van der Waals surface area contributed by atoms with Gasteiger partial charge in [-0.25, -0.2) is 13.1 Å². The Morgan fingerprint density at radius 2 is 1.90 bits per heavy atom. The van der Waals surface area contributed by atoms with Gasteiger partial charge in [-0.2, -0.15) is 0 Å². The lowest BCUT2D eigenvalue weighted by molar-refractivity contribution is 0.574. The van der Waals surface area contributed by atoms with Crippen LogP contribution >= 0.6 is 0 Å². The molecule has 0 spiro atoms. The van der Waals surface area contributed by atoms with Crippen molar-refractivity contribution in [2.45, 2.75) is 51.5 Å². The molecule has 0 radical (unpaired) electrons. The van der Waals surface area contributed by atoms with E-state index >= 15 is 0 Å². The quantitative estimate of drug-likeness (QED) is 0.775. The molecule has 2 N–H and O–H groups in total. The molecule has 118 valence electrons. The van der Waals surface area contributed by atoms with Gasteiger partial charge in [-0.3, -0.25) is 0 Å². The molecule has 1 aliphatic rings. The first-order chi connectivity index (χ1) is 9.94. The molecule has 0 unspecified atom stereocenters. The fourth-order valence-electron chi connectivity index (χ4n) is 2.50. The Kier molecular flexibility index (Phi) is 5.41. The van der Waals surface area contributed by atoms with E-state index in [9.17, 15) is 8.42 Å². The molecule has 0 saturated heterocycles. The van der Waals surface area contributed by atoms with Crippen LogP contribution in [0, 0.1) is 19.8 Å². The summed E-state index contributed by atoms with van der Waals surface area (Å²) in [6.45, 7) is 8.04. The minimum absolute atomic E-state index is 0.414. The van der Waals surface area contributed by atoms with Crippen molar-refractivity contribution in [3.8, 4) is 0 Å². The van der Waals surface area contributed by atoms with Crippen LogP contribution in [0.25, 0.3) is 0 Å². The highest BCUT2D eigenvalue weighted by Crippen LogP contribution is 2.32. The minimum atomic E-state index is -3.40. The first kappa shape index (κ1) is 16.5. The summed E-state index contributed by atoms with van der Waals surface area (Å²) in [6, 6.07) is 3.77. The molecule has 5 heteroatoms. The van der Waals surface area contributed by atoms with Crippen LogP contribution in [0.2, 0.25) is 0 Å². The van der Waals surface area contributed by atoms with Crippen LogP contribution in [0.3, 0.4) is 0 Å². The number of rotatable bonds is 8. The molecule has 0 atom stereocenters. The number of nitrogens with one attached hydrogen (secondary N) is 2. The highest BCUT2D eigenvalue weighted by molar-refractivity contribution is 7.89. The summed E-state index contributed by atoms with van der Waals surface area (Å²) >= 11 is 0. The summed E-state index contributed by atoms with van der Waals surface area (Å²) in [5.74, 6) is 0.733. The molecular formula is C16H26N2O2S. The molecule has 1 aromatic carbocycles. The topological polar surface area (TPSA) is 58.2 Å². The molecule has 21 heavy (non-hydrogen) atoms. The summed E-state index contributed by atoms with van der Waals surface area (Å²) in [4.78, 5) is 0.414. The predicted octanol–water partition coefficient (Wildman–Crippen LogP) is 2.49. The van der Waals surface area contributed by atoms with Crippen LogP contribution in [-0.2, 0) is 16.6 Å². The van der Waals surface area contributed by atoms with Crippen LogP contribution in [0.1, 0.15) is 42.9 Å². The summed E-state index contributed by atoms with van der Waals surface area (Å²) in [6.07, 6.45) is 3.45. The van der Waals surface area contributed by atoms with Crippen molar-refractivity contribution in [3.63, 3.8) is 0 Å². The normalized spacial score (nSPS) is 15.4. The second kappa shape index (κ2) is 6.90. The van der Waals surface area contributed by atoms with E-state index in [2.05, 4.69) is 10.0 Å². The molecular weight excluding hydrogens is 284 g/mol. The zero-order valence-electron chi connectivity index (χ0n) is 13.2. The van der Waals surface area contributed by atoms with Crippen molar-refractivity contribution in [3.05, 3.63) is 28.8 Å². The van der Waals surface area contributed by atoms with Crippen LogP contribution in [-0.4, -0.2) is 21.5 Å². The maximum absolute atomic E-state index is 12.5. The fraction of sp³-hybridized carbons (Fsp3) is 0.625. The monoisotopic (exact) mass is 310 g/mol. The molecule has 1 aromatic rings. The largest absolute Gasteiger partial charge is 0.313 e. The van der Waals surface area contributed by atoms with Gasteiger partial charge in [0.25, 0.3) is 0 Å². The zero-order valence-corrected chi connectivity index (χ0v) is 14.0. The molecule has 0 heterocycles. The van der Waals surface area contributed by atoms with Crippen LogP contribution in [0.5, 0.6) is 0 Å². The highest BCUT2D eigenvalue weighted by Gasteiger charge is 2.23. The van der Waals surface area contributed by atoms with E-state index in [-0.39, 0.29) is 0 Å². The summed E-state index contributed by atoms with van der Waals surface area (Å²) < 4.78 is 27.7. The van der Waals surface area contributed by atoms with Gasteiger partial charge in [-0.05, 0) is 55.5 Å². The third-order valence-electron chi connectivity index (χ3n) is 4.03. The van der Waals surface area contributed by atoms with E-state index in [0.717, 1.165) is 35.6 Å². The molecule has 1 fully saturated rings. The Morgan fingerprint density at radius 3 is 2.52 bits per heavy atom. The van der Waals surface area contributed by atoms with Crippen molar-refractivity contribution in [2.75, 3.05) is 13.1 Å². The Morgan fingerprint density at radius 1 is 1.19 bits per heavy atom. The smallest absolute Gasteiger partial charge is 0.240 e. The molecule has 1 saturated carbocycles. The van der Waals surface area contributed by atoms with Gasteiger partial charge in [0.05, 0.1) is 4.90 Å². The van der Waals surface area contributed by atoms with E-state index in [1.165, 1.54) is 12.8 Å². The molecule has 0 bridgehead atoms. The highest BCUT2D eigenvalue weighted by atomic mass is 32.2.